The highest BCUT2D eigenvalue weighted by molar-refractivity contribution is 7.86. The van der Waals surface area contributed by atoms with Crippen LogP contribution < -0.4 is 9.46 Å². The smallest absolute Gasteiger partial charge is 0.194 e. The van der Waals surface area contributed by atoms with E-state index in [4.69, 9.17) is 39.5 Å². The van der Waals surface area contributed by atoms with Crippen molar-refractivity contribution < 1.29 is 8.95 Å². The zero-order chi connectivity index (χ0) is 25.7. The maximum absolute atomic E-state index is 13.0. The third-order valence-corrected chi connectivity index (χ3v) is 7.80. The summed E-state index contributed by atoms with van der Waals surface area (Å²) in [5, 5.41) is 5.89. The molecule has 0 saturated carbocycles. The molecule has 0 radical (unpaired) electrons. The van der Waals surface area contributed by atoms with Gasteiger partial charge in [0.15, 0.2) is 21.0 Å². The summed E-state index contributed by atoms with van der Waals surface area (Å²) in [7, 11) is -1.56. The first-order chi connectivity index (χ1) is 17.4. The van der Waals surface area contributed by atoms with Crippen LogP contribution in [0.15, 0.2) is 88.4 Å². The lowest BCUT2D eigenvalue weighted by Crippen LogP contribution is -2.09. The molecule has 0 fully saturated rings. The van der Waals surface area contributed by atoms with Gasteiger partial charge in [0.2, 0.25) is 0 Å². The fourth-order valence-electron chi connectivity index (χ4n) is 3.25. The zero-order valence-electron chi connectivity index (χ0n) is 19.4. The summed E-state index contributed by atoms with van der Waals surface area (Å²) in [6.07, 6.45) is 3.67. The van der Waals surface area contributed by atoms with E-state index in [2.05, 4.69) is 9.71 Å². The van der Waals surface area contributed by atoms with Gasteiger partial charge in [-0.2, -0.15) is 0 Å². The first-order valence-corrected chi connectivity index (χ1v) is 14.1. The summed E-state index contributed by atoms with van der Waals surface area (Å²) < 4.78 is 23.7. The van der Waals surface area contributed by atoms with Crippen LogP contribution in [0.4, 0.5) is 5.69 Å². The van der Waals surface area contributed by atoms with Crippen LogP contribution in [0.5, 0.6) is 11.5 Å². The van der Waals surface area contributed by atoms with Gasteiger partial charge in [0, 0.05) is 22.3 Å². The quantitative estimate of drug-likeness (QED) is 0.205. The third kappa shape index (κ3) is 6.22. The summed E-state index contributed by atoms with van der Waals surface area (Å²) in [4.78, 5) is 5.17. The second kappa shape index (κ2) is 12.1. The summed E-state index contributed by atoms with van der Waals surface area (Å²) in [6, 6.07) is 19.1. The Balaban J connectivity index is 0.000000556. The van der Waals surface area contributed by atoms with Crippen molar-refractivity contribution >= 4 is 78.5 Å². The molecule has 5 aromatic rings. The number of rotatable bonds is 6. The molecule has 1 unspecified atom stereocenters. The van der Waals surface area contributed by atoms with Crippen LogP contribution in [-0.2, 0) is 16.9 Å². The molecule has 186 valence electrons. The second-order valence-electron chi connectivity index (χ2n) is 7.56. The molecule has 2 aromatic heterocycles. The maximum atomic E-state index is 13.0. The number of imidazole rings is 1. The highest BCUT2D eigenvalue weighted by atomic mass is 35.5. The van der Waals surface area contributed by atoms with E-state index in [1.54, 1.807) is 22.6 Å². The molecule has 5 rings (SSSR count). The van der Waals surface area contributed by atoms with Gasteiger partial charge >= 0.3 is 0 Å². The highest BCUT2D eigenvalue weighted by Gasteiger charge is 2.19. The number of hydrogen-bond donors (Lipinski definition) is 1. The van der Waals surface area contributed by atoms with Gasteiger partial charge in [0.1, 0.15) is 11.5 Å². The van der Waals surface area contributed by atoms with Crippen LogP contribution in [-0.4, -0.2) is 13.6 Å². The first-order valence-electron chi connectivity index (χ1n) is 10.8. The van der Waals surface area contributed by atoms with Gasteiger partial charge in [-0.3, -0.25) is 9.12 Å². The lowest BCUT2D eigenvalue weighted by atomic mass is 10.1. The Labute approximate surface area is 230 Å². The van der Waals surface area contributed by atoms with E-state index < -0.39 is 11.0 Å². The molecule has 2 heterocycles. The molecule has 0 aliphatic rings. The molecule has 10 heteroatoms. The number of allylic oxidation sites excluding steroid dienone is 2. The van der Waals surface area contributed by atoms with Crippen LogP contribution in [0.3, 0.4) is 0 Å². The van der Waals surface area contributed by atoms with Crippen molar-refractivity contribution in [3.05, 3.63) is 94.1 Å². The largest absolute Gasteiger partial charge is 0.456 e. The van der Waals surface area contributed by atoms with Crippen molar-refractivity contribution in [2.24, 2.45) is 0 Å². The van der Waals surface area contributed by atoms with Crippen LogP contribution in [0.25, 0.3) is 15.7 Å². The number of thiazole rings is 1. The van der Waals surface area contributed by atoms with E-state index in [9.17, 15) is 4.21 Å². The minimum atomic E-state index is -1.56. The normalized spacial score (nSPS) is 12.3. The molecule has 0 saturated heterocycles. The summed E-state index contributed by atoms with van der Waals surface area (Å²) in [5.41, 5.74) is 1.18. The Hall–Kier alpha value is -2.55. The molecule has 0 aliphatic carbocycles. The van der Waals surface area contributed by atoms with Crippen LogP contribution in [0.1, 0.15) is 19.5 Å². The van der Waals surface area contributed by atoms with E-state index >= 15 is 0 Å². The number of anilines is 1. The number of nitrogens with one attached hydrogen (secondary N) is 1. The number of halogens is 3. The molecular formula is C26H22Cl3N3O2S2. The lowest BCUT2D eigenvalue weighted by Gasteiger charge is -2.11. The highest BCUT2D eigenvalue weighted by Crippen LogP contribution is 2.33. The van der Waals surface area contributed by atoms with Crippen molar-refractivity contribution in [1.82, 2.24) is 9.38 Å². The SMILES string of the molecule is C/C=C(\C)Cl.O=S(Nc1ccc(Oc2ccc3ccccc3c2)c(Cl)c1)c1c(CCl)nc2sccn12. The molecule has 0 bridgehead atoms. The fourth-order valence-corrected chi connectivity index (χ4v) is 5.62. The Bertz CT molecular complexity index is 1560. The van der Waals surface area contributed by atoms with Gasteiger partial charge in [0.25, 0.3) is 0 Å². The molecule has 1 N–H and O–H groups in total. The van der Waals surface area contributed by atoms with Crippen LogP contribution in [0.2, 0.25) is 5.02 Å². The van der Waals surface area contributed by atoms with Crippen molar-refractivity contribution in [2.75, 3.05) is 4.72 Å². The van der Waals surface area contributed by atoms with Gasteiger partial charge < -0.3 is 4.74 Å². The first kappa shape index (κ1) is 26.5. The standard InChI is InChI=1S/C22H15Cl2N3O2S2.C4H7Cl/c23-13-19-21(27-9-10-30-22(27)25-19)31(28)26-16-6-8-20(18(24)12-16)29-17-7-5-14-3-1-2-4-15(14)11-17;1-3-4(2)5/h1-12,26H,13H2;3H,1-2H3/b;4-3+. The molecule has 0 aliphatic heterocycles. The summed E-state index contributed by atoms with van der Waals surface area (Å²) in [6.45, 7) is 3.75. The van der Waals surface area contributed by atoms with E-state index in [0.717, 1.165) is 20.8 Å². The Morgan fingerprint density at radius 3 is 2.61 bits per heavy atom. The van der Waals surface area contributed by atoms with E-state index in [1.165, 1.54) is 11.3 Å². The Morgan fingerprint density at radius 1 is 1.17 bits per heavy atom. The predicted molar refractivity (Wildman–Crippen MR) is 153 cm³/mol. The van der Waals surface area contributed by atoms with Crippen molar-refractivity contribution in [3.8, 4) is 11.5 Å². The fraction of sp³-hybridized carbons (Fsp3) is 0.115. The summed E-state index contributed by atoms with van der Waals surface area (Å²) >= 11 is 19.2. The number of fused-ring (bicyclic) bond motifs is 2. The third-order valence-electron chi connectivity index (χ3n) is 5.08. The molecule has 1 atom stereocenters. The van der Waals surface area contributed by atoms with Crippen molar-refractivity contribution in [2.45, 2.75) is 24.8 Å². The van der Waals surface area contributed by atoms with E-state index in [1.807, 2.05) is 74.0 Å². The Morgan fingerprint density at radius 2 is 1.92 bits per heavy atom. The average molecular weight is 579 g/mol. The average Bonchev–Trinajstić information content (AvgIpc) is 3.47. The number of nitrogens with zero attached hydrogens (tertiary/aromatic N) is 2. The number of ether oxygens (including phenoxy) is 1. The molecule has 3 aromatic carbocycles. The van der Waals surface area contributed by atoms with Crippen molar-refractivity contribution in [1.29, 1.82) is 0 Å². The molecule has 36 heavy (non-hydrogen) atoms. The molecule has 0 amide bonds. The maximum Gasteiger partial charge on any atom is 0.194 e. The zero-order valence-corrected chi connectivity index (χ0v) is 23.3. The number of aromatic nitrogens is 2. The van der Waals surface area contributed by atoms with Gasteiger partial charge in [-0.25, -0.2) is 9.19 Å². The van der Waals surface area contributed by atoms with Crippen LogP contribution >= 0.6 is 46.1 Å². The molecule has 5 nitrogen and oxygen atoms in total. The minimum absolute atomic E-state index is 0.177. The number of hydrogen-bond acceptors (Lipinski definition) is 4. The Kier molecular flexibility index (Phi) is 8.93. The van der Waals surface area contributed by atoms with Crippen LogP contribution in [0, 0.1) is 0 Å². The molecular weight excluding hydrogens is 557 g/mol. The van der Waals surface area contributed by atoms with Gasteiger partial charge in [-0.15, -0.1) is 22.9 Å². The van der Waals surface area contributed by atoms with E-state index in [-0.39, 0.29) is 5.88 Å². The minimum Gasteiger partial charge on any atom is -0.456 e. The van der Waals surface area contributed by atoms with Crippen molar-refractivity contribution in [3.63, 3.8) is 0 Å². The van der Waals surface area contributed by atoms with E-state index in [0.29, 0.717) is 32.9 Å². The summed E-state index contributed by atoms with van der Waals surface area (Å²) in [5.74, 6) is 1.38. The number of alkyl halides is 1. The number of benzene rings is 3. The van der Waals surface area contributed by atoms with Gasteiger partial charge in [-0.05, 0) is 55.0 Å². The predicted octanol–water partition coefficient (Wildman–Crippen LogP) is 9.02. The molecule has 0 spiro atoms. The lowest BCUT2D eigenvalue weighted by molar-refractivity contribution is 0.484. The van der Waals surface area contributed by atoms with Gasteiger partial charge in [0.05, 0.1) is 16.6 Å². The van der Waals surface area contributed by atoms with Gasteiger partial charge in [-0.1, -0.05) is 59.6 Å². The monoisotopic (exact) mass is 577 g/mol. The topological polar surface area (TPSA) is 55.6 Å². The second-order valence-corrected chi connectivity index (χ2v) is 10.8.